The molecule has 170 valence electrons. The van der Waals surface area contributed by atoms with Crippen LogP contribution in [0, 0.1) is 17.8 Å². The number of carbonyl (C=O) groups is 2. The van der Waals surface area contributed by atoms with E-state index in [0.29, 0.717) is 28.1 Å². The van der Waals surface area contributed by atoms with Crippen molar-refractivity contribution in [2.75, 3.05) is 6.61 Å². The molecule has 5 rings (SSSR count). The van der Waals surface area contributed by atoms with Crippen LogP contribution in [0.25, 0.3) is 0 Å². The Labute approximate surface area is 192 Å². The molecule has 0 bridgehead atoms. The summed E-state index contributed by atoms with van der Waals surface area (Å²) in [6.07, 6.45) is 4.86. The van der Waals surface area contributed by atoms with Crippen LogP contribution in [0.4, 0.5) is 0 Å². The molecule has 0 radical (unpaired) electrons. The predicted octanol–water partition coefficient (Wildman–Crippen LogP) is 2.77. The average molecular weight is 460 g/mol. The number of benzene rings is 1. The van der Waals surface area contributed by atoms with Gasteiger partial charge in [-0.2, -0.15) is 0 Å². The molecule has 2 heterocycles. The van der Waals surface area contributed by atoms with Crippen molar-refractivity contribution < 1.29 is 29.5 Å². The summed E-state index contributed by atoms with van der Waals surface area (Å²) in [5, 5.41) is 30.9. The van der Waals surface area contributed by atoms with Crippen LogP contribution >= 0.6 is 11.6 Å². The fourth-order valence-electron chi connectivity index (χ4n) is 6.26. The van der Waals surface area contributed by atoms with E-state index in [-0.39, 0.29) is 36.6 Å². The van der Waals surface area contributed by atoms with Crippen LogP contribution in [0.5, 0.6) is 5.75 Å². The summed E-state index contributed by atoms with van der Waals surface area (Å²) in [6, 6.07) is 4.51. The molecule has 32 heavy (non-hydrogen) atoms. The molecule has 4 aliphatic rings. The van der Waals surface area contributed by atoms with Gasteiger partial charge in [-0.15, -0.1) is 0 Å². The zero-order valence-corrected chi connectivity index (χ0v) is 18.5. The summed E-state index contributed by atoms with van der Waals surface area (Å²) in [4.78, 5) is 28.5. The quantitative estimate of drug-likeness (QED) is 0.474. The second kappa shape index (κ2) is 8.48. The highest BCUT2D eigenvalue weighted by atomic mass is 35.5. The van der Waals surface area contributed by atoms with Crippen LogP contribution in [0.1, 0.15) is 56.6 Å². The Hall–Kier alpha value is -1.87. The van der Waals surface area contributed by atoms with Gasteiger partial charge in [0.1, 0.15) is 5.75 Å². The second-order valence-corrected chi connectivity index (χ2v) is 9.82. The zero-order valence-electron chi connectivity index (χ0n) is 17.7. The normalized spacial score (nSPS) is 31.2. The van der Waals surface area contributed by atoms with Crippen LogP contribution in [0.3, 0.4) is 0 Å². The number of phenols is 1. The fourth-order valence-corrected chi connectivity index (χ4v) is 6.55. The Balaban J connectivity index is 1.51. The maximum absolute atomic E-state index is 13.6. The summed E-state index contributed by atoms with van der Waals surface area (Å²) >= 11 is 6.33. The first-order valence-electron chi connectivity index (χ1n) is 11.4. The molecular formula is C23H27BClNO6. The molecule has 3 N–H and O–H groups in total. The van der Waals surface area contributed by atoms with Crippen molar-refractivity contribution in [3.63, 3.8) is 0 Å². The van der Waals surface area contributed by atoms with Crippen LogP contribution in [-0.4, -0.2) is 51.7 Å². The number of hydrogen-bond acceptors (Lipinski definition) is 6. The molecule has 2 aliphatic heterocycles. The number of amides is 2. The van der Waals surface area contributed by atoms with E-state index in [1.165, 1.54) is 17.0 Å². The van der Waals surface area contributed by atoms with Gasteiger partial charge in [0, 0.05) is 11.1 Å². The van der Waals surface area contributed by atoms with E-state index < -0.39 is 31.0 Å². The van der Waals surface area contributed by atoms with E-state index in [9.17, 15) is 24.8 Å². The summed E-state index contributed by atoms with van der Waals surface area (Å²) in [6.45, 7) is -0.287. The van der Waals surface area contributed by atoms with Crippen molar-refractivity contribution in [2.24, 2.45) is 17.8 Å². The number of aliphatic hydroxyl groups is 1. The first-order chi connectivity index (χ1) is 15.4. The Kier molecular flexibility index (Phi) is 5.82. The highest BCUT2D eigenvalue weighted by Gasteiger charge is 2.58. The molecule has 1 saturated carbocycles. The van der Waals surface area contributed by atoms with Gasteiger partial charge in [0.05, 0.1) is 24.5 Å². The van der Waals surface area contributed by atoms with Crippen LogP contribution in [0.15, 0.2) is 29.2 Å². The molecule has 1 aromatic rings. The number of carbonyl (C=O) groups excluding carboxylic acids is 2. The topological polar surface area (TPSA) is 107 Å². The Bertz CT molecular complexity index is 977. The van der Waals surface area contributed by atoms with Crippen LogP contribution < -0.4 is 0 Å². The second-order valence-electron chi connectivity index (χ2n) is 9.42. The number of likely N-dealkylation sites (tertiary alicyclic amines) is 1. The maximum atomic E-state index is 13.6. The van der Waals surface area contributed by atoms with Gasteiger partial charge in [0.15, 0.2) is 0 Å². The van der Waals surface area contributed by atoms with Crippen LogP contribution in [-0.2, 0) is 14.2 Å². The van der Waals surface area contributed by atoms with Gasteiger partial charge in [-0.05, 0) is 60.3 Å². The summed E-state index contributed by atoms with van der Waals surface area (Å²) in [5.41, 5.74) is 1.73. The fraction of sp³-hybridized carbons (Fsp3) is 0.565. The van der Waals surface area contributed by atoms with Crippen molar-refractivity contribution in [3.05, 3.63) is 39.8 Å². The van der Waals surface area contributed by atoms with Gasteiger partial charge < -0.3 is 19.9 Å². The van der Waals surface area contributed by atoms with Gasteiger partial charge in [-0.25, -0.2) is 0 Å². The van der Waals surface area contributed by atoms with Gasteiger partial charge in [-0.3, -0.25) is 14.5 Å². The number of rotatable bonds is 3. The van der Waals surface area contributed by atoms with Crippen molar-refractivity contribution in [3.8, 4) is 5.75 Å². The molecule has 7 nitrogen and oxygen atoms in total. The molecule has 0 unspecified atom stereocenters. The lowest BCUT2D eigenvalue weighted by Gasteiger charge is -2.42. The molecular weight excluding hydrogens is 433 g/mol. The van der Waals surface area contributed by atoms with Gasteiger partial charge in [0.2, 0.25) is 11.8 Å². The van der Waals surface area contributed by atoms with E-state index in [1.54, 1.807) is 6.07 Å². The SMILES string of the molecule is O=C1[C@H]2[C@H](CC(CO)=C3B(O)O[C@H](c4ccc(O)cc4Cl)C[C@H]32)C(=O)N1C1CCCCC1. The third kappa shape index (κ3) is 3.48. The van der Waals surface area contributed by atoms with E-state index in [4.69, 9.17) is 16.3 Å². The molecule has 2 aliphatic carbocycles. The molecule has 9 heteroatoms. The smallest absolute Gasteiger partial charge is 0.487 e. The monoisotopic (exact) mass is 459 g/mol. The third-order valence-corrected chi connectivity index (χ3v) is 8.03. The molecule has 4 atom stereocenters. The minimum absolute atomic E-state index is 0.0238. The van der Waals surface area contributed by atoms with Crippen molar-refractivity contribution in [1.29, 1.82) is 0 Å². The lowest BCUT2D eigenvalue weighted by molar-refractivity contribution is -0.143. The van der Waals surface area contributed by atoms with Crippen molar-refractivity contribution in [1.82, 2.24) is 4.90 Å². The highest BCUT2D eigenvalue weighted by Crippen LogP contribution is 2.52. The Morgan fingerprint density at radius 3 is 2.56 bits per heavy atom. The Morgan fingerprint density at radius 2 is 1.88 bits per heavy atom. The van der Waals surface area contributed by atoms with Crippen LogP contribution in [0.2, 0.25) is 5.02 Å². The zero-order chi connectivity index (χ0) is 22.6. The largest absolute Gasteiger partial charge is 0.508 e. The van der Waals surface area contributed by atoms with Gasteiger partial charge >= 0.3 is 7.12 Å². The predicted molar refractivity (Wildman–Crippen MR) is 117 cm³/mol. The van der Waals surface area contributed by atoms with E-state index in [1.807, 2.05) is 0 Å². The lowest BCUT2D eigenvalue weighted by atomic mass is 9.55. The number of halogens is 1. The third-order valence-electron chi connectivity index (χ3n) is 7.71. The van der Waals surface area contributed by atoms with E-state index >= 15 is 0 Å². The first-order valence-corrected chi connectivity index (χ1v) is 11.8. The minimum atomic E-state index is -1.29. The molecule has 2 saturated heterocycles. The number of hydrogen-bond donors (Lipinski definition) is 3. The molecule has 1 aromatic carbocycles. The number of nitrogens with zero attached hydrogens (tertiary/aromatic N) is 1. The highest BCUT2D eigenvalue weighted by molar-refractivity contribution is 6.53. The first kappa shape index (κ1) is 22.0. The number of allylic oxidation sites excluding steroid dienone is 1. The molecule has 3 fully saturated rings. The number of imide groups is 1. The molecule has 2 amide bonds. The summed E-state index contributed by atoms with van der Waals surface area (Å²) in [7, 11) is -1.29. The maximum Gasteiger partial charge on any atom is 0.487 e. The van der Waals surface area contributed by atoms with E-state index in [0.717, 1.165) is 32.1 Å². The standard InChI is InChI=1S/C23H27BClNO6/c25-18-9-14(28)6-7-15(18)19-10-16-20-17(8-12(11-27)21(16)24(31)32-19)22(29)26(23(20)30)13-4-2-1-3-5-13/h6-7,9,13,16-17,19-20,27-28,31H,1-5,8,10-11H2/t16-,17-,19-,20+/m0/s1. The number of aliphatic hydroxyl groups excluding tert-OH is 1. The van der Waals surface area contributed by atoms with E-state index in [2.05, 4.69) is 0 Å². The summed E-state index contributed by atoms with van der Waals surface area (Å²) in [5.74, 6) is -1.77. The van der Waals surface area contributed by atoms with Crippen molar-refractivity contribution in [2.45, 2.75) is 57.1 Å². The number of aromatic hydroxyl groups is 1. The Morgan fingerprint density at radius 1 is 1.12 bits per heavy atom. The lowest BCUT2D eigenvalue weighted by Crippen LogP contribution is -2.45. The summed E-state index contributed by atoms with van der Waals surface area (Å²) < 4.78 is 5.86. The minimum Gasteiger partial charge on any atom is -0.508 e. The van der Waals surface area contributed by atoms with Gasteiger partial charge in [0.25, 0.3) is 0 Å². The van der Waals surface area contributed by atoms with Gasteiger partial charge in [-0.1, -0.05) is 36.9 Å². The molecule has 0 spiro atoms. The van der Waals surface area contributed by atoms with Crippen molar-refractivity contribution >= 4 is 30.5 Å². The average Bonchev–Trinajstić information content (AvgIpc) is 3.03. The number of phenolic OH excluding ortho intramolecular Hbond substituents is 1. The molecule has 0 aromatic heterocycles. The number of fused-ring (bicyclic) bond motifs is 3.